The van der Waals surface area contributed by atoms with Gasteiger partial charge in [0.25, 0.3) is 0 Å². The number of hydrogen-bond donors (Lipinski definition) is 1. The van der Waals surface area contributed by atoms with Gasteiger partial charge in [0.15, 0.2) is 0 Å². The number of nitrogens with one attached hydrogen (secondary N) is 1. The highest BCUT2D eigenvalue weighted by Crippen LogP contribution is 2.17. The number of rotatable bonds is 5. The summed E-state index contributed by atoms with van der Waals surface area (Å²) in [4.78, 5) is 16.0. The lowest BCUT2D eigenvalue weighted by Crippen LogP contribution is -2.12. The number of nitrogens with zero attached hydrogens (tertiary/aromatic N) is 4. The second-order valence-electron chi connectivity index (χ2n) is 4.98. The Balaban J connectivity index is 1.57. The maximum atomic E-state index is 12.0. The Morgan fingerprint density at radius 1 is 1.25 bits per heavy atom. The Morgan fingerprint density at radius 2 is 2.17 bits per heavy atom. The van der Waals surface area contributed by atoms with Gasteiger partial charge in [0.1, 0.15) is 0 Å². The first kappa shape index (κ1) is 15.4. The largest absolute Gasteiger partial charge is 0.421 e. The Bertz CT molecular complexity index is 883. The minimum atomic E-state index is -0.189. The zero-order chi connectivity index (χ0) is 16.8. The van der Waals surface area contributed by atoms with E-state index in [1.807, 2.05) is 12.1 Å². The summed E-state index contributed by atoms with van der Waals surface area (Å²) in [5.41, 5.74) is 1.81. The molecule has 3 rings (SSSR count). The highest BCUT2D eigenvalue weighted by Gasteiger charge is 2.11. The fourth-order valence-electron chi connectivity index (χ4n) is 2.07. The first-order valence-electron chi connectivity index (χ1n) is 7.27. The minimum absolute atomic E-state index is 0.189. The summed E-state index contributed by atoms with van der Waals surface area (Å²) in [6.45, 7) is 0. The van der Waals surface area contributed by atoms with Gasteiger partial charge < -0.3 is 9.73 Å². The summed E-state index contributed by atoms with van der Waals surface area (Å²) in [6, 6.07) is 12.4. The SMILES string of the molecule is N#Cc1cccc(NC(=O)CCc2nnc(-c3cccnc3)o2)c1. The summed E-state index contributed by atoms with van der Waals surface area (Å²) >= 11 is 0. The molecule has 0 radical (unpaired) electrons. The molecule has 0 aliphatic heterocycles. The van der Waals surface area contributed by atoms with Crippen LogP contribution in [0.15, 0.2) is 53.2 Å². The standard InChI is InChI=1S/C17H13N5O2/c18-10-12-3-1-5-14(9-12)20-15(23)6-7-16-21-22-17(24-16)13-4-2-8-19-11-13/h1-5,8-9,11H,6-7H2,(H,20,23). The van der Waals surface area contributed by atoms with Crippen molar-refractivity contribution in [3.63, 3.8) is 0 Å². The van der Waals surface area contributed by atoms with E-state index < -0.39 is 0 Å². The van der Waals surface area contributed by atoms with Crippen LogP contribution < -0.4 is 5.32 Å². The number of benzene rings is 1. The van der Waals surface area contributed by atoms with E-state index in [1.54, 1.807) is 42.7 Å². The second kappa shape index (κ2) is 7.15. The van der Waals surface area contributed by atoms with Gasteiger partial charge in [-0.1, -0.05) is 6.07 Å². The highest BCUT2D eigenvalue weighted by atomic mass is 16.4. The van der Waals surface area contributed by atoms with Crippen LogP contribution in [-0.4, -0.2) is 21.1 Å². The van der Waals surface area contributed by atoms with Crippen LogP contribution in [0.4, 0.5) is 5.69 Å². The third kappa shape index (κ3) is 3.81. The van der Waals surface area contributed by atoms with Crippen molar-refractivity contribution in [3.8, 4) is 17.5 Å². The summed E-state index contributed by atoms with van der Waals surface area (Å²) in [6.07, 6.45) is 3.82. The topological polar surface area (TPSA) is 105 Å². The van der Waals surface area contributed by atoms with Crippen LogP contribution in [0, 0.1) is 11.3 Å². The smallest absolute Gasteiger partial charge is 0.249 e. The number of pyridine rings is 1. The van der Waals surface area contributed by atoms with E-state index in [-0.39, 0.29) is 12.3 Å². The molecule has 7 nitrogen and oxygen atoms in total. The van der Waals surface area contributed by atoms with Crippen molar-refractivity contribution >= 4 is 11.6 Å². The highest BCUT2D eigenvalue weighted by molar-refractivity contribution is 5.90. The maximum Gasteiger partial charge on any atom is 0.249 e. The molecule has 2 heterocycles. The van der Waals surface area contributed by atoms with Gasteiger partial charge in [-0.15, -0.1) is 10.2 Å². The van der Waals surface area contributed by atoms with Gasteiger partial charge in [-0.2, -0.15) is 5.26 Å². The van der Waals surface area contributed by atoms with Crippen LogP contribution in [-0.2, 0) is 11.2 Å². The lowest BCUT2D eigenvalue weighted by Gasteiger charge is -2.04. The Kier molecular flexibility index (Phi) is 4.58. The van der Waals surface area contributed by atoms with Crippen molar-refractivity contribution in [3.05, 3.63) is 60.2 Å². The Hall–Kier alpha value is -3.53. The fourth-order valence-corrected chi connectivity index (χ4v) is 2.07. The fraction of sp³-hybridized carbons (Fsp3) is 0.118. The van der Waals surface area contributed by atoms with Crippen LogP contribution in [0.1, 0.15) is 17.9 Å². The molecule has 0 aliphatic rings. The van der Waals surface area contributed by atoms with Crippen molar-refractivity contribution in [2.24, 2.45) is 0 Å². The van der Waals surface area contributed by atoms with E-state index in [0.29, 0.717) is 29.5 Å². The number of carbonyl (C=O) groups excluding carboxylic acids is 1. The third-order valence-corrected chi connectivity index (χ3v) is 3.22. The number of hydrogen-bond acceptors (Lipinski definition) is 6. The number of carbonyl (C=O) groups is 1. The molecule has 0 saturated heterocycles. The lowest BCUT2D eigenvalue weighted by molar-refractivity contribution is -0.116. The number of aromatic nitrogens is 3. The summed E-state index contributed by atoms with van der Waals surface area (Å²) in [7, 11) is 0. The van der Waals surface area contributed by atoms with Crippen LogP contribution in [0.25, 0.3) is 11.5 Å². The van der Waals surface area contributed by atoms with E-state index in [1.165, 1.54) is 0 Å². The molecule has 7 heteroatoms. The van der Waals surface area contributed by atoms with Crippen molar-refractivity contribution in [2.45, 2.75) is 12.8 Å². The van der Waals surface area contributed by atoms with Gasteiger partial charge in [-0.25, -0.2) is 0 Å². The molecule has 1 N–H and O–H groups in total. The average molecular weight is 319 g/mol. The van der Waals surface area contributed by atoms with Gasteiger partial charge >= 0.3 is 0 Å². The molecule has 0 unspecified atom stereocenters. The molecule has 118 valence electrons. The summed E-state index contributed by atoms with van der Waals surface area (Å²) in [5, 5.41) is 19.5. The zero-order valence-corrected chi connectivity index (χ0v) is 12.6. The summed E-state index contributed by atoms with van der Waals surface area (Å²) < 4.78 is 5.52. The lowest BCUT2D eigenvalue weighted by atomic mass is 10.2. The van der Waals surface area contributed by atoms with Crippen LogP contribution in [0.3, 0.4) is 0 Å². The van der Waals surface area contributed by atoms with Crippen LogP contribution in [0.2, 0.25) is 0 Å². The van der Waals surface area contributed by atoms with E-state index in [4.69, 9.17) is 9.68 Å². The normalized spacial score (nSPS) is 10.1. The molecule has 0 atom stereocenters. The molecule has 0 bridgehead atoms. The Morgan fingerprint density at radius 3 is 2.96 bits per heavy atom. The molecule has 0 spiro atoms. The monoisotopic (exact) mass is 319 g/mol. The van der Waals surface area contributed by atoms with Crippen molar-refractivity contribution in [1.82, 2.24) is 15.2 Å². The third-order valence-electron chi connectivity index (χ3n) is 3.22. The molecule has 2 aromatic heterocycles. The van der Waals surface area contributed by atoms with Crippen molar-refractivity contribution in [2.75, 3.05) is 5.32 Å². The predicted octanol–water partition coefficient (Wildman–Crippen LogP) is 2.57. The first-order valence-corrected chi connectivity index (χ1v) is 7.27. The molecule has 24 heavy (non-hydrogen) atoms. The van der Waals surface area contributed by atoms with Gasteiger partial charge in [-0.3, -0.25) is 9.78 Å². The maximum absolute atomic E-state index is 12.0. The first-order chi connectivity index (χ1) is 11.7. The quantitative estimate of drug-likeness (QED) is 0.775. The van der Waals surface area contributed by atoms with Gasteiger partial charge in [0.05, 0.1) is 17.2 Å². The molecular formula is C17H13N5O2. The molecular weight excluding hydrogens is 306 g/mol. The molecule has 3 aromatic rings. The van der Waals surface area contributed by atoms with Crippen LogP contribution >= 0.6 is 0 Å². The van der Waals surface area contributed by atoms with Gasteiger partial charge in [0, 0.05) is 30.9 Å². The molecule has 1 aromatic carbocycles. The van der Waals surface area contributed by atoms with E-state index in [9.17, 15) is 4.79 Å². The molecule has 1 amide bonds. The van der Waals surface area contributed by atoms with Gasteiger partial charge in [0.2, 0.25) is 17.7 Å². The zero-order valence-electron chi connectivity index (χ0n) is 12.6. The molecule has 0 saturated carbocycles. The second-order valence-corrected chi connectivity index (χ2v) is 4.98. The average Bonchev–Trinajstić information content (AvgIpc) is 3.10. The summed E-state index contributed by atoms with van der Waals surface area (Å²) in [5.74, 6) is 0.571. The van der Waals surface area contributed by atoms with E-state index in [0.717, 1.165) is 5.56 Å². The number of amides is 1. The molecule has 0 fully saturated rings. The Labute approximate surface area is 138 Å². The van der Waals surface area contributed by atoms with E-state index >= 15 is 0 Å². The predicted molar refractivity (Wildman–Crippen MR) is 85.6 cm³/mol. The van der Waals surface area contributed by atoms with Gasteiger partial charge in [-0.05, 0) is 30.3 Å². The molecule has 0 aliphatic carbocycles. The minimum Gasteiger partial charge on any atom is -0.421 e. The van der Waals surface area contributed by atoms with Crippen molar-refractivity contribution in [1.29, 1.82) is 5.26 Å². The number of anilines is 1. The number of aryl methyl sites for hydroxylation is 1. The van der Waals surface area contributed by atoms with E-state index in [2.05, 4.69) is 20.5 Å². The number of nitriles is 1. The van der Waals surface area contributed by atoms with Crippen LogP contribution in [0.5, 0.6) is 0 Å². The van der Waals surface area contributed by atoms with Crippen molar-refractivity contribution < 1.29 is 9.21 Å².